The van der Waals surface area contributed by atoms with Crippen molar-refractivity contribution in [1.29, 1.82) is 0 Å². The van der Waals surface area contributed by atoms with Gasteiger partial charge >= 0.3 is 0 Å². The van der Waals surface area contributed by atoms with Crippen LogP contribution >= 0.6 is 0 Å². The highest BCUT2D eigenvalue weighted by Gasteiger charge is 2.17. The topological polar surface area (TPSA) is 0 Å². The molecule has 0 aliphatic heterocycles. The SMILES string of the molecule is C=C(Cc1ccccc1)[Si](C)(C)C. The molecule has 0 nitrogen and oxygen atoms in total. The van der Waals surface area contributed by atoms with Crippen molar-refractivity contribution in [2.24, 2.45) is 0 Å². The largest absolute Gasteiger partial charge is 0.103 e. The third-order valence-corrected chi connectivity index (χ3v) is 4.62. The van der Waals surface area contributed by atoms with Gasteiger partial charge in [-0.05, 0) is 12.0 Å². The lowest BCUT2D eigenvalue weighted by atomic mass is 10.1. The Morgan fingerprint density at radius 3 is 2.15 bits per heavy atom. The molecule has 0 amide bonds. The van der Waals surface area contributed by atoms with E-state index in [2.05, 4.69) is 56.6 Å². The Kier molecular flexibility index (Phi) is 3.10. The molecule has 1 rings (SSSR count). The van der Waals surface area contributed by atoms with Crippen molar-refractivity contribution < 1.29 is 0 Å². The van der Waals surface area contributed by atoms with E-state index in [1.165, 1.54) is 10.8 Å². The molecule has 1 heteroatoms. The third kappa shape index (κ3) is 3.19. The van der Waals surface area contributed by atoms with Crippen molar-refractivity contribution in [2.75, 3.05) is 0 Å². The van der Waals surface area contributed by atoms with Crippen LogP contribution in [-0.2, 0) is 6.42 Å². The van der Waals surface area contributed by atoms with Crippen molar-refractivity contribution >= 4 is 8.07 Å². The summed E-state index contributed by atoms with van der Waals surface area (Å²) in [6, 6.07) is 10.6. The summed E-state index contributed by atoms with van der Waals surface area (Å²) in [7, 11) is -1.14. The highest BCUT2D eigenvalue weighted by molar-refractivity contribution is 6.83. The van der Waals surface area contributed by atoms with Gasteiger partial charge in [-0.3, -0.25) is 0 Å². The molecule has 0 spiro atoms. The molecule has 0 bridgehead atoms. The molecule has 0 aliphatic rings. The molecular formula is C12H18Si. The Hall–Kier alpha value is -0.823. The summed E-state index contributed by atoms with van der Waals surface area (Å²) in [4.78, 5) is 0. The van der Waals surface area contributed by atoms with Gasteiger partial charge in [-0.1, -0.05) is 55.2 Å². The Balaban J connectivity index is 2.66. The van der Waals surface area contributed by atoms with Gasteiger partial charge in [0.15, 0.2) is 0 Å². The zero-order valence-corrected chi connectivity index (χ0v) is 9.80. The van der Waals surface area contributed by atoms with Crippen LogP contribution in [0.3, 0.4) is 0 Å². The van der Waals surface area contributed by atoms with Gasteiger partial charge in [-0.25, -0.2) is 0 Å². The normalized spacial score (nSPS) is 11.3. The van der Waals surface area contributed by atoms with Crippen LogP contribution in [0.4, 0.5) is 0 Å². The maximum absolute atomic E-state index is 4.18. The van der Waals surface area contributed by atoms with Crippen LogP contribution in [0, 0.1) is 0 Å². The lowest BCUT2D eigenvalue weighted by molar-refractivity contribution is 1.22. The van der Waals surface area contributed by atoms with E-state index in [0.29, 0.717) is 0 Å². The van der Waals surface area contributed by atoms with E-state index in [4.69, 9.17) is 0 Å². The highest BCUT2D eigenvalue weighted by Crippen LogP contribution is 2.17. The summed E-state index contributed by atoms with van der Waals surface area (Å²) >= 11 is 0. The predicted molar refractivity (Wildman–Crippen MR) is 62.6 cm³/mol. The zero-order chi connectivity index (χ0) is 9.90. The van der Waals surface area contributed by atoms with Crippen LogP contribution in [0.15, 0.2) is 42.1 Å². The van der Waals surface area contributed by atoms with Crippen LogP contribution in [0.5, 0.6) is 0 Å². The van der Waals surface area contributed by atoms with E-state index in [1.54, 1.807) is 0 Å². The molecule has 1 aromatic rings. The smallest absolute Gasteiger partial charge is 0.0721 e. The lowest BCUT2D eigenvalue weighted by Crippen LogP contribution is -2.24. The first-order valence-corrected chi connectivity index (χ1v) is 8.22. The van der Waals surface area contributed by atoms with Gasteiger partial charge in [-0.15, -0.1) is 6.58 Å². The van der Waals surface area contributed by atoms with Crippen LogP contribution < -0.4 is 0 Å². The minimum Gasteiger partial charge on any atom is -0.103 e. The van der Waals surface area contributed by atoms with Gasteiger partial charge < -0.3 is 0 Å². The first-order chi connectivity index (χ1) is 6.00. The fraction of sp³-hybridized carbons (Fsp3) is 0.333. The number of allylic oxidation sites excluding steroid dienone is 1. The maximum atomic E-state index is 4.18. The van der Waals surface area contributed by atoms with E-state index < -0.39 is 8.07 Å². The van der Waals surface area contributed by atoms with Crippen LogP contribution in [0.1, 0.15) is 5.56 Å². The Morgan fingerprint density at radius 1 is 1.15 bits per heavy atom. The molecule has 0 saturated carbocycles. The highest BCUT2D eigenvalue weighted by atomic mass is 28.3. The quantitative estimate of drug-likeness (QED) is 0.638. The van der Waals surface area contributed by atoms with Gasteiger partial charge in [0.25, 0.3) is 0 Å². The first kappa shape index (κ1) is 10.3. The second kappa shape index (κ2) is 3.92. The number of benzene rings is 1. The van der Waals surface area contributed by atoms with E-state index >= 15 is 0 Å². The van der Waals surface area contributed by atoms with Gasteiger partial charge in [0, 0.05) is 0 Å². The van der Waals surface area contributed by atoms with E-state index in [1.807, 2.05) is 0 Å². The summed E-state index contributed by atoms with van der Waals surface area (Å²) in [5.74, 6) is 0. The number of hydrogen-bond acceptors (Lipinski definition) is 0. The van der Waals surface area contributed by atoms with Crippen molar-refractivity contribution in [3.8, 4) is 0 Å². The van der Waals surface area contributed by atoms with E-state index in [-0.39, 0.29) is 0 Å². The molecule has 0 fully saturated rings. The lowest BCUT2D eigenvalue weighted by Gasteiger charge is -2.19. The fourth-order valence-corrected chi connectivity index (χ4v) is 1.84. The van der Waals surface area contributed by atoms with Gasteiger partial charge in [0.2, 0.25) is 0 Å². The molecule has 0 unspecified atom stereocenters. The van der Waals surface area contributed by atoms with E-state index in [0.717, 1.165) is 6.42 Å². The predicted octanol–water partition coefficient (Wildman–Crippen LogP) is 3.66. The van der Waals surface area contributed by atoms with Crippen molar-refractivity contribution in [3.05, 3.63) is 47.7 Å². The third-order valence-electron chi connectivity index (χ3n) is 2.32. The molecule has 1 aromatic carbocycles. The minimum atomic E-state index is -1.14. The van der Waals surface area contributed by atoms with Gasteiger partial charge in [0.1, 0.15) is 0 Å². The van der Waals surface area contributed by atoms with Crippen molar-refractivity contribution in [2.45, 2.75) is 26.1 Å². The summed E-state index contributed by atoms with van der Waals surface area (Å²) in [6.45, 7) is 11.2. The standard InChI is InChI=1S/C12H18Si/c1-11(13(2,3)4)10-12-8-6-5-7-9-12/h5-9H,1,10H2,2-4H3. The second-order valence-electron chi connectivity index (χ2n) is 4.52. The molecule has 0 heterocycles. The Bertz CT molecular complexity index is 280. The number of hydrogen-bond donors (Lipinski definition) is 0. The molecule has 0 aliphatic carbocycles. The Labute approximate surface area is 82.3 Å². The van der Waals surface area contributed by atoms with Gasteiger partial charge in [0.05, 0.1) is 8.07 Å². The van der Waals surface area contributed by atoms with E-state index in [9.17, 15) is 0 Å². The molecule has 70 valence electrons. The van der Waals surface area contributed by atoms with Crippen LogP contribution in [-0.4, -0.2) is 8.07 Å². The molecule has 0 aromatic heterocycles. The van der Waals surface area contributed by atoms with Crippen molar-refractivity contribution in [1.82, 2.24) is 0 Å². The summed E-state index contributed by atoms with van der Waals surface area (Å²) in [6.07, 6.45) is 1.05. The van der Waals surface area contributed by atoms with Crippen molar-refractivity contribution in [3.63, 3.8) is 0 Å². The van der Waals surface area contributed by atoms with Gasteiger partial charge in [-0.2, -0.15) is 0 Å². The Morgan fingerprint density at radius 2 is 1.69 bits per heavy atom. The average Bonchev–Trinajstić information content (AvgIpc) is 2.04. The first-order valence-electron chi connectivity index (χ1n) is 4.72. The summed E-state index contributed by atoms with van der Waals surface area (Å²) in [5.41, 5.74) is 1.38. The summed E-state index contributed by atoms with van der Waals surface area (Å²) < 4.78 is 0. The second-order valence-corrected chi connectivity index (χ2v) is 9.72. The molecule has 0 N–H and O–H groups in total. The van der Waals surface area contributed by atoms with Crippen LogP contribution in [0.2, 0.25) is 19.6 Å². The number of rotatable bonds is 3. The fourth-order valence-electron chi connectivity index (χ4n) is 1.11. The molecular weight excluding hydrogens is 172 g/mol. The monoisotopic (exact) mass is 190 g/mol. The molecule has 0 atom stereocenters. The average molecular weight is 190 g/mol. The molecule has 0 radical (unpaired) electrons. The zero-order valence-electron chi connectivity index (χ0n) is 8.80. The van der Waals surface area contributed by atoms with Crippen LogP contribution in [0.25, 0.3) is 0 Å². The maximum Gasteiger partial charge on any atom is 0.0721 e. The molecule has 13 heavy (non-hydrogen) atoms. The molecule has 0 saturated heterocycles. The summed E-state index contributed by atoms with van der Waals surface area (Å²) in [5, 5.41) is 1.43. The minimum absolute atomic E-state index is 1.05.